The van der Waals surface area contributed by atoms with Crippen LogP contribution in [0.4, 0.5) is 5.69 Å². The highest BCUT2D eigenvalue weighted by Gasteiger charge is 2.28. The fourth-order valence-electron chi connectivity index (χ4n) is 3.84. The highest BCUT2D eigenvalue weighted by molar-refractivity contribution is 7.98. The Labute approximate surface area is 251 Å². The number of rotatable bonds is 19. The van der Waals surface area contributed by atoms with Crippen LogP contribution in [0.1, 0.15) is 18.1 Å². The van der Waals surface area contributed by atoms with Crippen molar-refractivity contribution in [3.05, 3.63) is 94.0 Å². The molecule has 0 aliphatic heterocycles. The van der Waals surface area contributed by atoms with Crippen LogP contribution in [0, 0.1) is 10.1 Å². The maximum atomic E-state index is 13.1. The number of non-ortho nitro benzene ring substituents is 1. The number of hydrogen-bond acceptors (Lipinski definition) is 11. The minimum absolute atomic E-state index is 0.0642. The third kappa shape index (κ3) is 11.4. The van der Waals surface area contributed by atoms with Gasteiger partial charge in [0.15, 0.2) is 6.79 Å². The highest BCUT2D eigenvalue weighted by atomic mass is 32.2. The second-order valence-electron chi connectivity index (χ2n) is 9.34. The van der Waals surface area contributed by atoms with Gasteiger partial charge >= 0.3 is 7.82 Å². The Morgan fingerprint density at radius 1 is 1.00 bits per heavy atom. The molecule has 0 saturated heterocycles. The first-order valence-corrected chi connectivity index (χ1v) is 15.5. The van der Waals surface area contributed by atoms with Crippen LogP contribution in [0.15, 0.2) is 77.7 Å². The van der Waals surface area contributed by atoms with Gasteiger partial charge in [-0.2, -0.15) is 0 Å². The van der Waals surface area contributed by atoms with E-state index in [1.165, 1.54) is 29.8 Å². The number of phosphoric acid groups is 1. The number of phosphoric ester groups is 1. The van der Waals surface area contributed by atoms with Gasteiger partial charge in [-0.1, -0.05) is 30.3 Å². The van der Waals surface area contributed by atoms with Crippen molar-refractivity contribution in [1.29, 1.82) is 0 Å². The Bertz CT molecular complexity index is 1310. The minimum Gasteiger partial charge on any atom is -0.497 e. The van der Waals surface area contributed by atoms with Crippen molar-refractivity contribution in [1.82, 2.24) is 4.90 Å². The van der Waals surface area contributed by atoms with Gasteiger partial charge in [0.1, 0.15) is 24.2 Å². The van der Waals surface area contributed by atoms with Gasteiger partial charge in [-0.3, -0.25) is 19.2 Å². The Morgan fingerprint density at radius 2 is 1.76 bits per heavy atom. The van der Waals surface area contributed by atoms with Crippen LogP contribution in [0.3, 0.4) is 0 Å². The molecule has 3 rings (SSSR count). The first kappa shape index (κ1) is 33.5. The number of nitrogens with zero attached hydrogens (tertiary/aromatic N) is 2. The maximum absolute atomic E-state index is 13.1. The molecule has 42 heavy (non-hydrogen) atoms. The molecule has 0 N–H and O–H groups in total. The van der Waals surface area contributed by atoms with Crippen molar-refractivity contribution in [3.8, 4) is 11.5 Å². The molecule has 0 spiro atoms. The quantitative estimate of drug-likeness (QED) is 0.0477. The topological polar surface area (TPSA) is 119 Å². The molecule has 0 aromatic heterocycles. The summed E-state index contributed by atoms with van der Waals surface area (Å²) in [5, 5.41) is 10.9. The zero-order chi connectivity index (χ0) is 30.4. The smallest absolute Gasteiger partial charge is 0.488 e. The lowest BCUT2D eigenvalue weighted by Crippen LogP contribution is -2.34. The van der Waals surface area contributed by atoms with Crippen LogP contribution in [0.2, 0.25) is 0 Å². The zero-order valence-electron chi connectivity index (χ0n) is 24.2. The average Bonchev–Trinajstić information content (AvgIpc) is 2.98. The molecule has 11 nitrogen and oxygen atoms in total. The summed E-state index contributed by atoms with van der Waals surface area (Å²) in [6.45, 7) is 2.12. The number of nitro groups is 1. The summed E-state index contributed by atoms with van der Waals surface area (Å²) in [7, 11) is 1.48. The molecule has 0 amide bonds. The molecule has 0 heterocycles. The van der Waals surface area contributed by atoms with Gasteiger partial charge in [0.2, 0.25) is 0 Å². The van der Waals surface area contributed by atoms with Crippen molar-refractivity contribution in [2.75, 3.05) is 47.8 Å². The van der Waals surface area contributed by atoms with Crippen molar-refractivity contribution >= 4 is 25.6 Å². The number of para-hydroxylation sites is 1. The average molecular weight is 621 g/mol. The number of methoxy groups -OCH3 is 1. The molecule has 1 unspecified atom stereocenters. The summed E-state index contributed by atoms with van der Waals surface area (Å²) in [5.74, 6) is 1.59. The molecular weight excluding hydrogens is 583 g/mol. The first-order chi connectivity index (χ1) is 20.2. The Balaban J connectivity index is 1.55. The SMILES string of the molecule is CCOP(=O)(OCO[C@@H](COc1ccccc1CCc1cccc(OC)c1)CN(C)C)OSc1ccc([N+](=O)[O-])cc1. The zero-order valence-corrected chi connectivity index (χ0v) is 25.9. The van der Waals surface area contributed by atoms with Crippen molar-refractivity contribution in [3.63, 3.8) is 0 Å². The summed E-state index contributed by atoms with van der Waals surface area (Å²) >= 11 is 0.740. The predicted molar refractivity (Wildman–Crippen MR) is 161 cm³/mol. The molecule has 0 radical (unpaired) electrons. The fourth-order valence-corrected chi connectivity index (χ4v) is 5.72. The van der Waals surface area contributed by atoms with E-state index in [0.29, 0.717) is 11.4 Å². The Morgan fingerprint density at radius 3 is 2.45 bits per heavy atom. The fraction of sp³-hybridized carbons (Fsp3) is 0.379. The Kier molecular flexibility index (Phi) is 13.8. The third-order valence-corrected chi connectivity index (χ3v) is 8.35. The van der Waals surface area contributed by atoms with Gasteiger partial charge in [0.05, 0.1) is 18.6 Å². The van der Waals surface area contributed by atoms with Crippen LogP contribution in [-0.2, 0) is 35.2 Å². The minimum atomic E-state index is -3.99. The summed E-state index contributed by atoms with van der Waals surface area (Å²) < 4.78 is 46.5. The highest BCUT2D eigenvalue weighted by Crippen LogP contribution is 2.54. The first-order valence-electron chi connectivity index (χ1n) is 13.3. The number of benzene rings is 3. The van der Waals surface area contributed by atoms with Gasteiger partial charge in [0.25, 0.3) is 5.69 Å². The molecule has 0 saturated carbocycles. The molecule has 0 bridgehead atoms. The standard InChI is InChI=1S/C29H37N2O9PS/c1-5-38-41(34,40-42-28-17-15-25(16-18-28)31(32)33)39-22-37-27(20-30(2)3)21-36-29-12-7-6-10-24(29)14-13-23-9-8-11-26(19-23)35-4/h6-12,15-19,27H,5,13-14,20-22H2,1-4H3/t27-,41?/m1/s1. The lowest BCUT2D eigenvalue weighted by Gasteiger charge is -2.23. The number of ether oxygens (including phenoxy) is 3. The molecule has 0 aliphatic rings. The lowest BCUT2D eigenvalue weighted by molar-refractivity contribution is -0.384. The molecule has 0 fully saturated rings. The summed E-state index contributed by atoms with van der Waals surface area (Å²) in [6.07, 6.45) is 1.20. The van der Waals surface area contributed by atoms with Gasteiger partial charge in [-0.05, 0) is 75.3 Å². The van der Waals surface area contributed by atoms with Crippen LogP contribution in [0.5, 0.6) is 11.5 Å². The van der Waals surface area contributed by atoms with Crippen molar-refractivity contribution in [2.24, 2.45) is 0 Å². The van der Waals surface area contributed by atoms with Crippen molar-refractivity contribution < 1.29 is 36.7 Å². The second kappa shape index (κ2) is 17.2. The van der Waals surface area contributed by atoms with Crippen LogP contribution in [0.25, 0.3) is 0 Å². The van der Waals surface area contributed by atoms with Gasteiger partial charge < -0.3 is 19.1 Å². The monoisotopic (exact) mass is 620 g/mol. The molecular formula is C29H37N2O9PS. The molecule has 0 aliphatic carbocycles. The van der Waals surface area contributed by atoms with Crippen LogP contribution >= 0.6 is 19.9 Å². The maximum Gasteiger partial charge on any atom is 0.488 e. The van der Waals surface area contributed by atoms with E-state index in [1.54, 1.807) is 14.0 Å². The van der Waals surface area contributed by atoms with Crippen molar-refractivity contribution in [2.45, 2.75) is 30.8 Å². The number of hydrogen-bond donors (Lipinski definition) is 0. The molecule has 2 atom stereocenters. The van der Waals surface area contributed by atoms with E-state index < -0.39 is 18.8 Å². The van der Waals surface area contributed by atoms with Gasteiger partial charge in [-0.25, -0.2) is 8.54 Å². The number of aryl methyl sites for hydroxylation is 2. The van der Waals surface area contributed by atoms with E-state index in [-0.39, 0.29) is 25.7 Å². The molecule has 3 aromatic carbocycles. The molecule has 3 aromatic rings. The van der Waals surface area contributed by atoms with E-state index >= 15 is 0 Å². The van der Waals surface area contributed by atoms with Crippen LogP contribution < -0.4 is 9.47 Å². The van der Waals surface area contributed by atoms with E-state index in [4.69, 9.17) is 27.2 Å². The predicted octanol–water partition coefficient (Wildman–Crippen LogP) is 6.56. The summed E-state index contributed by atoms with van der Waals surface area (Å²) in [6, 6.07) is 21.5. The third-order valence-electron chi connectivity index (χ3n) is 5.86. The van der Waals surface area contributed by atoms with E-state index in [9.17, 15) is 14.7 Å². The van der Waals surface area contributed by atoms with Gasteiger partial charge in [-0.15, -0.1) is 0 Å². The van der Waals surface area contributed by atoms with Gasteiger partial charge in [0, 0.05) is 35.6 Å². The molecule has 13 heteroatoms. The Hall–Kier alpha value is -2.96. The van der Waals surface area contributed by atoms with E-state index in [1.807, 2.05) is 61.5 Å². The van der Waals surface area contributed by atoms with E-state index in [2.05, 4.69) is 6.07 Å². The lowest BCUT2D eigenvalue weighted by atomic mass is 10.0. The largest absolute Gasteiger partial charge is 0.497 e. The number of nitro benzene ring substituents is 1. The normalized spacial score (nSPS) is 13.5. The number of likely N-dealkylation sites (N-methyl/N-ethyl adjacent to an activating group) is 1. The summed E-state index contributed by atoms with van der Waals surface area (Å²) in [5.41, 5.74) is 2.17. The second-order valence-corrected chi connectivity index (χ2v) is 12.0. The van der Waals surface area contributed by atoms with Crippen LogP contribution in [-0.4, -0.2) is 63.7 Å². The van der Waals surface area contributed by atoms with E-state index in [0.717, 1.165) is 41.9 Å². The molecule has 228 valence electrons. The summed E-state index contributed by atoms with van der Waals surface area (Å²) in [4.78, 5) is 12.8.